The summed E-state index contributed by atoms with van der Waals surface area (Å²) in [6.45, 7) is -0.445. The van der Waals surface area contributed by atoms with Crippen molar-refractivity contribution in [2.24, 2.45) is 0 Å². The van der Waals surface area contributed by atoms with Crippen LogP contribution in [0.1, 0.15) is 9.67 Å². The van der Waals surface area contributed by atoms with Crippen LogP contribution in [0.15, 0.2) is 35.7 Å². The Kier molecular flexibility index (Phi) is 4.82. The van der Waals surface area contributed by atoms with Crippen LogP contribution in [0.5, 0.6) is 5.75 Å². The molecule has 2 rings (SSSR count). The summed E-state index contributed by atoms with van der Waals surface area (Å²) in [4.78, 5) is 25.1. The quantitative estimate of drug-likeness (QED) is 0.917. The molecular formula is C14H12ClNO4S. The predicted octanol–water partition coefficient (Wildman–Crippen LogP) is 3.14. The van der Waals surface area contributed by atoms with Crippen molar-refractivity contribution in [2.45, 2.75) is 0 Å². The number of ether oxygens (including phenoxy) is 1. The molecule has 0 radical (unpaired) electrons. The minimum Gasteiger partial charge on any atom is -0.496 e. The number of aliphatic carboxylic acids is 1. The molecule has 2 aromatic rings. The molecule has 0 aliphatic carbocycles. The average Bonchev–Trinajstić information content (AvgIpc) is 2.92. The van der Waals surface area contributed by atoms with E-state index < -0.39 is 18.4 Å². The maximum Gasteiger partial charge on any atom is 0.323 e. The largest absolute Gasteiger partial charge is 0.496 e. The number of carboxylic acids is 1. The molecule has 5 nitrogen and oxygen atoms in total. The van der Waals surface area contributed by atoms with Gasteiger partial charge in [0, 0.05) is 22.2 Å². The van der Waals surface area contributed by atoms with Crippen molar-refractivity contribution in [3.05, 3.63) is 45.6 Å². The summed E-state index contributed by atoms with van der Waals surface area (Å²) in [5.74, 6) is -0.954. The number of thiophene rings is 1. The highest BCUT2D eigenvalue weighted by atomic mass is 35.5. The molecule has 1 N–H and O–H groups in total. The molecule has 0 spiro atoms. The van der Waals surface area contributed by atoms with Crippen molar-refractivity contribution in [2.75, 3.05) is 18.6 Å². The lowest BCUT2D eigenvalue weighted by Crippen LogP contribution is -2.35. The van der Waals surface area contributed by atoms with Gasteiger partial charge in [0.15, 0.2) is 0 Å². The van der Waals surface area contributed by atoms with Crippen LogP contribution in [0.25, 0.3) is 0 Å². The van der Waals surface area contributed by atoms with Gasteiger partial charge >= 0.3 is 5.97 Å². The Morgan fingerprint density at radius 2 is 2.14 bits per heavy atom. The number of anilines is 1. The van der Waals surface area contributed by atoms with E-state index in [9.17, 15) is 9.59 Å². The minimum atomic E-state index is -1.10. The summed E-state index contributed by atoms with van der Waals surface area (Å²) in [6.07, 6.45) is 0. The Balaban J connectivity index is 2.35. The molecule has 0 aliphatic rings. The number of methoxy groups -OCH3 is 1. The second-order valence-corrected chi connectivity index (χ2v) is 5.46. The zero-order valence-electron chi connectivity index (χ0n) is 11.1. The molecule has 1 aromatic heterocycles. The van der Waals surface area contributed by atoms with Crippen molar-refractivity contribution in [1.82, 2.24) is 0 Å². The van der Waals surface area contributed by atoms with Gasteiger partial charge in [0.25, 0.3) is 5.91 Å². The highest BCUT2D eigenvalue weighted by molar-refractivity contribution is 7.12. The van der Waals surface area contributed by atoms with Crippen LogP contribution in [-0.4, -0.2) is 30.6 Å². The van der Waals surface area contributed by atoms with Crippen molar-refractivity contribution < 1.29 is 19.4 Å². The number of benzene rings is 1. The molecule has 0 unspecified atom stereocenters. The summed E-state index contributed by atoms with van der Waals surface area (Å²) in [5, 5.41) is 11.1. The monoisotopic (exact) mass is 325 g/mol. The molecule has 1 aromatic carbocycles. The topological polar surface area (TPSA) is 66.8 Å². The normalized spacial score (nSPS) is 10.2. The standard InChI is InChI=1S/C14H12ClNO4S/c1-20-11-6-12(21-8-11)14(19)16(7-13(17)18)10-4-2-3-9(15)5-10/h2-6,8H,7H2,1H3,(H,17,18). The Morgan fingerprint density at radius 1 is 1.38 bits per heavy atom. The van der Waals surface area contributed by atoms with Gasteiger partial charge in [0.2, 0.25) is 0 Å². The van der Waals surface area contributed by atoms with Crippen LogP contribution in [-0.2, 0) is 4.79 Å². The SMILES string of the molecule is COc1csc(C(=O)N(CC(=O)O)c2cccc(Cl)c2)c1. The second kappa shape index (κ2) is 6.60. The highest BCUT2D eigenvalue weighted by Crippen LogP contribution is 2.26. The molecule has 0 aliphatic heterocycles. The number of hydrogen-bond donors (Lipinski definition) is 1. The zero-order chi connectivity index (χ0) is 15.4. The summed E-state index contributed by atoms with van der Waals surface area (Å²) in [7, 11) is 1.50. The molecule has 0 bridgehead atoms. The van der Waals surface area contributed by atoms with Crippen LogP contribution in [0.3, 0.4) is 0 Å². The molecule has 0 atom stereocenters. The average molecular weight is 326 g/mol. The van der Waals surface area contributed by atoms with Crippen molar-refractivity contribution in [3.8, 4) is 5.75 Å². The first kappa shape index (κ1) is 15.3. The molecule has 110 valence electrons. The van der Waals surface area contributed by atoms with Gasteiger partial charge in [-0.1, -0.05) is 17.7 Å². The fraction of sp³-hybridized carbons (Fsp3) is 0.143. The van der Waals surface area contributed by atoms with Crippen molar-refractivity contribution in [3.63, 3.8) is 0 Å². The Morgan fingerprint density at radius 3 is 2.71 bits per heavy atom. The van der Waals surface area contributed by atoms with Crippen LogP contribution in [0, 0.1) is 0 Å². The second-order valence-electron chi connectivity index (χ2n) is 4.12. The van der Waals surface area contributed by atoms with Crippen molar-refractivity contribution >= 4 is 40.5 Å². The van der Waals surface area contributed by atoms with Crippen molar-refractivity contribution in [1.29, 1.82) is 0 Å². The van der Waals surface area contributed by atoms with E-state index >= 15 is 0 Å². The number of hydrogen-bond acceptors (Lipinski definition) is 4. The highest BCUT2D eigenvalue weighted by Gasteiger charge is 2.22. The Labute approximate surface area is 130 Å². The zero-order valence-corrected chi connectivity index (χ0v) is 12.6. The molecule has 0 fully saturated rings. The predicted molar refractivity (Wildman–Crippen MR) is 81.6 cm³/mol. The molecule has 1 amide bonds. The lowest BCUT2D eigenvalue weighted by atomic mass is 10.2. The van der Waals surface area contributed by atoms with Gasteiger partial charge < -0.3 is 9.84 Å². The number of carbonyl (C=O) groups excluding carboxylic acids is 1. The van der Waals surface area contributed by atoms with Gasteiger partial charge in [-0.05, 0) is 18.2 Å². The van der Waals surface area contributed by atoms with Crippen LogP contribution < -0.4 is 9.64 Å². The number of carbonyl (C=O) groups is 2. The first-order valence-electron chi connectivity index (χ1n) is 5.93. The van der Waals surface area contributed by atoms with E-state index in [0.29, 0.717) is 21.3 Å². The first-order valence-corrected chi connectivity index (χ1v) is 7.19. The third kappa shape index (κ3) is 3.74. The summed E-state index contributed by atoms with van der Waals surface area (Å²) >= 11 is 7.09. The number of halogens is 1. The number of amides is 1. The minimum absolute atomic E-state index is 0.396. The number of carboxylic acid groups (broad SMARTS) is 1. The number of nitrogens with zero attached hydrogens (tertiary/aromatic N) is 1. The fourth-order valence-electron chi connectivity index (χ4n) is 1.73. The molecule has 0 saturated carbocycles. The summed E-state index contributed by atoms with van der Waals surface area (Å²) < 4.78 is 5.03. The third-order valence-corrected chi connectivity index (χ3v) is 3.81. The number of rotatable bonds is 5. The molecule has 21 heavy (non-hydrogen) atoms. The van der Waals surface area contributed by atoms with E-state index in [1.165, 1.54) is 23.3 Å². The maximum absolute atomic E-state index is 12.5. The Hall–Kier alpha value is -2.05. The van der Waals surface area contributed by atoms with Gasteiger partial charge in [0.05, 0.1) is 12.0 Å². The third-order valence-electron chi connectivity index (χ3n) is 2.68. The summed E-state index contributed by atoms with van der Waals surface area (Å²) in [5.41, 5.74) is 0.433. The Bertz CT molecular complexity index is 670. The molecule has 1 heterocycles. The van der Waals surface area contributed by atoms with Crippen LogP contribution in [0.4, 0.5) is 5.69 Å². The fourth-order valence-corrected chi connectivity index (χ4v) is 2.72. The van der Waals surface area contributed by atoms with Gasteiger partial charge in [-0.2, -0.15) is 0 Å². The molecule has 0 saturated heterocycles. The summed E-state index contributed by atoms with van der Waals surface area (Å²) in [6, 6.07) is 8.08. The van der Waals surface area contributed by atoms with E-state index in [2.05, 4.69) is 0 Å². The van der Waals surface area contributed by atoms with E-state index in [-0.39, 0.29) is 0 Å². The van der Waals surface area contributed by atoms with E-state index in [1.807, 2.05) is 0 Å². The van der Waals surface area contributed by atoms with Gasteiger partial charge in [-0.15, -0.1) is 11.3 Å². The van der Waals surface area contributed by atoms with Crippen LogP contribution in [0.2, 0.25) is 5.02 Å². The first-order chi connectivity index (χ1) is 10.0. The van der Waals surface area contributed by atoms with E-state index in [1.54, 1.807) is 35.7 Å². The van der Waals surface area contributed by atoms with Gasteiger partial charge in [-0.25, -0.2) is 0 Å². The van der Waals surface area contributed by atoms with Crippen LogP contribution >= 0.6 is 22.9 Å². The molecular weight excluding hydrogens is 314 g/mol. The van der Waals surface area contributed by atoms with Gasteiger partial charge in [0.1, 0.15) is 12.3 Å². The lowest BCUT2D eigenvalue weighted by Gasteiger charge is -2.20. The lowest BCUT2D eigenvalue weighted by molar-refractivity contribution is -0.135. The van der Waals surface area contributed by atoms with E-state index in [4.69, 9.17) is 21.4 Å². The smallest absolute Gasteiger partial charge is 0.323 e. The molecule has 7 heteroatoms. The van der Waals surface area contributed by atoms with E-state index in [0.717, 1.165) is 0 Å². The van der Waals surface area contributed by atoms with Gasteiger partial charge in [-0.3, -0.25) is 14.5 Å². The maximum atomic E-state index is 12.5.